The van der Waals surface area contributed by atoms with Crippen LogP contribution in [-0.2, 0) is 0 Å². The Kier molecular flexibility index (Phi) is 28000. The van der Waals surface area contributed by atoms with Crippen LogP contribution in [0.15, 0.2) is 0 Å². The van der Waals surface area contributed by atoms with Gasteiger partial charge in [-0.15, -0.1) is 0 Å². The average Bonchev–Trinajstić information content (AvgIpc) is 1.50. The molecule has 0 aliphatic carbocycles. The van der Waals surface area contributed by atoms with Gasteiger partial charge in [0.05, 0.1) is 0 Å². The predicted octanol–water partition coefficient (Wildman–Crippen LogP) is 1.92. The normalized spacial score (nSPS) is 1.11. The van der Waals surface area contributed by atoms with Crippen LogP contribution in [0.4, 0.5) is 0 Å². The van der Waals surface area contributed by atoms with Gasteiger partial charge in [0, 0.05) is 9.93 Å². The quantitative estimate of drug-likeness (QED) is 0.405. The summed E-state index contributed by atoms with van der Waals surface area (Å²) in [4.78, 5) is 14.0. The Morgan fingerprint density at radius 3 is 0.778 bits per heavy atom. The molecule has 0 radical (unpaired) electrons. The molecular weight excluding hydrogens is 128 g/mol. The van der Waals surface area contributed by atoms with Gasteiger partial charge in [0.25, 0.3) is 0 Å². The van der Waals surface area contributed by atoms with Crippen molar-refractivity contribution in [3.05, 3.63) is 9.93 Å². The zero-order valence-corrected chi connectivity index (χ0v) is 2.21. The highest BCUT2D eigenvalue weighted by atomic mass is 17.0. The summed E-state index contributed by atoms with van der Waals surface area (Å²) >= 11 is 0. The third kappa shape index (κ3) is 831. The van der Waals surface area contributed by atoms with Crippen molar-refractivity contribution in [2.24, 2.45) is 0 Å². The lowest BCUT2D eigenvalue weighted by Gasteiger charge is -1.25. The third-order valence-electron chi connectivity index (χ3n) is 0. The second-order valence-corrected chi connectivity index (χ2v) is 0. The summed E-state index contributed by atoms with van der Waals surface area (Å²) in [7, 11) is 0. The maximum Gasteiger partial charge on any atom is 1.00 e. The van der Waals surface area contributed by atoms with Gasteiger partial charge in [-0.05, 0) is 0 Å². The first kappa shape index (κ1) is 217. The summed E-state index contributed by atoms with van der Waals surface area (Å²) < 4.78 is 0. The molecule has 0 aromatic heterocycles. The third-order valence-corrected chi connectivity index (χ3v) is 0. The van der Waals surface area contributed by atoms with Crippen molar-refractivity contribution >= 4 is 0 Å². The lowest BCUT2D eigenvalue weighted by Crippen LogP contribution is -1.29. The molecule has 0 saturated heterocycles. The zero-order chi connectivity index (χ0) is 4.00. The first-order valence-electron chi connectivity index (χ1n) is 0.367. The minimum atomic E-state index is 0. The van der Waals surface area contributed by atoms with Crippen molar-refractivity contribution < 1.29 is 17.4 Å². The van der Waals surface area contributed by atoms with Crippen LogP contribution in [-0.4, -0.2) is 16.0 Å². The van der Waals surface area contributed by atoms with Crippen molar-refractivity contribution in [1.82, 2.24) is 0 Å². The SMILES string of the molecule is C.C.C.C.O.O=O.OO.[H+]. The van der Waals surface area contributed by atoms with Crippen LogP contribution in [0.1, 0.15) is 31.1 Å². The summed E-state index contributed by atoms with van der Waals surface area (Å²) in [5.74, 6) is 0. The Hall–Kier alpha value is -0.520. The molecule has 0 saturated carbocycles. The maximum atomic E-state index is 7.00. The van der Waals surface area contributed by atoms with Crippen LogP contribution in [0.25, 0.3) is 0 Å². The van der Waals surface area contributed by atoms with E-state index in [0.717, 1.165) is 0 Å². The van der Waals surface area contributed by atoms with Gasteiger partial charge in [-0.25, -0.2) is 0 Å². The van der Waals surface area contributed by atoms with Crippen LogP contribution in [0.2, 0.25) is 0 Å². The van der Waals surface area contributed by atoms with Crippen LogP contribution >= 0.6 is 0 Å². The Bertz CT molecular complexity index is 13.6. The van der Waals surface area contributed by atoms with E-state index in [4.69, 9.17) is 20.4 Å². The fraction of sp³-hybridized carbons (Fsp3) is 1.00. The van der Waals surface area contributed by atoms with Gasteiger partial charge in [0.2, 0.25) is 0 Å². The highest BCUT2D eigenvalue weighted by Gasteiger charge is 0.746. The summed E-state index contributed by atoms with van der Waals surface area (Å²) in [6, 6.07) is 0. The molecule has 5 nitrogen and oxygen atoms in total. The summed E-state index contributed by atoms with van der Waals surface area (Å²) in [5.41, 5.74) is 0. The molecule has 0 spiro atoms. The molecule has 9 heavy (non-hydrogen) atoms. The molecule has 0 rings (SSSR count). The molecule has 0 fully saturated rings. The van der Waals surface area contributed by atoms with E-state index in [1.54, 1.807) is 0 Å². The van der Waals surface area contributed by atoms with E-state index >= 15 is 0 Å². The molecule has 0 aliphatic rings. The molecule has 0 amide bonds. The minimum absolute atomic E-state index is 0. The molecule has 0 bridgehead atoms. The Morgan fingerprint density at radius 2 is 0.778 bits per heavy atom. The topological polar surface area (TPSA) is 106 Å². The first-order valence-corrected chi connectivity index (χ1v) is 0.367. The molecular formula is C4H21O5+. The van der Waals surface area contributed by atoms with Gasteiger partial charge in [0.1, 0.15) is 0 Å². The molecule has 0 unspecified atom stereocenters. The van der Waals surface area contributed by atoms with Crippen molar-refractivity contribution in [2.75, 3.05) is 0 Å². The largest absolute Gasteiger partial charge is 1.00 e. The molecule has 5 heteroatoms. The Balaban J connectivity index is -0.000000000833. The van der Waals surface area contributed by atoms with Gasteiger partial charge < -0.3 is 5.48 Å². The van der Waals surface area contributed by atoms with Gasteiger partial charge in [-0.2, -0.15) is 0 Å². The zero-order valence-electron chi connectivity index (χ0n) is 3.21. The highest BCUT2D eigenvalue weighted by molar-refractivity contribution is 4.07. The van der Waals surface area contributed by atoms with E-state index in [1.165, 1.54) is 0 Å². The second kappa shape index (κ2) is 1160. The van der Waals surface area contributed by atoms with Crippen molar-refractivity contribution in [2.45, 2.75) is 29.7 Å². The van der Waals surface area contributed by atoms with E-state index in [0.29, 0.717) is 0 Å². The molecule has 0 aliphatic heterocycles. The summed E-state index contributed by atoms with van der Waals surface area (Å²) in [6.07, 6.45) is 0. The molecule has 0 atom stereocenters. The smallest absolute Gasteiger partial charge is 0.412 e. The van der Waals surface area contributed by atoms with Crippen molar-refractivity contribution in [3.8, 4) is 0 Å². The molecule has 66 valence electrons. The first-order chi connectivity index (χ1) is 2.00. The summed E-state index contributed by atoms with van der Waals surface area (Å²) in [5, 5.41) is 12.0. The lowest BCUT2D eigenvalue weighted by molar-refractivity contribution is -0.176. The van der Waals surface area contributed by atoms with E-state index < -0.39 is 0 Å². The monoisotopic (exact) mass is 149 g/mol. The standard InChI is InChI=1S/4CH4.H2O2.O2.H2O/c;;;;2*1-2;/h4*1H4;1-2H;;1H2/p+1. The number of hydrogen-bond acceptors (Lipinski definition) is 4. The molecule has 0 heterocycles. The van der Waals surface area contributed by atoms with Crippen LogP contribution in [0.3, 0.4) is 0 Å². The van der Waals surface area contributed by atoms with Crippen LogP contribution in [0, 0.1) is 9.93 Å². The van der Waals surface area contributed by atoms with Crippen molar-refractivity contribution in [3.63, 3.8) is 0 Å². The molecule has 0 aromatic rings. The number of hydrogen-bond donors (Lipinski definition) is 2. The second-order valence-electron chi connectivity index (χ2n) is 0. The predicted molar refractivity (Wildman–Crippen MR) is 43.6 cm³/mol. The molecule has 0 aromatic carbocycles. The highest BCUT2D eigenvalue weighted by Crippen LogP contribution is 0.741. The Labute approximate surface area is 58.3 Å². The van der Waals surface area contributed by atoms with Gasteiger partial charge in [0.15, 0.2) is 0 Å². The van der Waals surface area contributed by atoms with Crippen molar-refractivity contribution in [1.29, 1.82) is 0 Å². The average molecular weight is 149 g/mol. The van der Waals surface area contributed by atoms with Gasteiger partial charge >= 0.3 is 1.43 Å². The summed E-state index contributed by atoms with van der Waals surface area (Å²) in [6.45, 7) is 0. The van der Waals surface area contributed by atoms with E-state index in [9.17, 15) is 0 Å². The maximum absolute atomic E-state index is 7.00. The van der Waals surface area contributed by atoms with Gasteiger partial charge in [-0.1, -0.05) is 29.7 Å². The lowest BCUT2D eigenvalue weighted by atomic mass is 12.0. The van der Waals surface area contributed by atoms with E-state index in [-0.39, 0.29) is 36.6 Å². The Morgan fingerprint density at radius 1 is 0.778 bits per heavy atom. The molecule has 4 N–H and O–H groups in total. The fourth-order valence-corrected chi connectivity index (χ4v) is 0. The number of rotatable bonds is 0. The van der Waals surface area contributed by atoms with E-state index in [2.05, 4.69) is 0 Å². The van der Waals surface area contributed by atoms with E-state index in [1.807, 2.05) is 0 Å². The van der Waals surface area contributed by atoms with Gasteiger partial charge in [-0.3, -0.25) is 10.5 Å². The van der Waals surface area contributed by atoms with Crippen LogP contribution < -0.4 is 0 Å². The minimum Gasteiger partial charge on any atom is -0.412 e. The fourth-order valence-electron chi connectivity index (χ4n) is 0. The van der Waals surface area contributed by atoms with Crippen LogP contribution in [0.5, 0.6) is 0 Å².